The molecule has 1 aliphatic rings. The number of halogens is 3. The number of para-hydroxylation sites is 2. The lowest BCUT2D eigenvalue weighted by Gasteiger charge is -2.22. The van der Waals surface area contributed by atoms with Gasteiger partial charge in [-0.15, -0.1) is 0 Å². The zero-order valence-corrected chi connectivity index (χ0v) is 25.9. The molecule has 0 bridgehead atoms. The number of ether oxygens (including phenoxy) is 1. The lowest BCUT2D eigenvalue weighted by molar-refractivity contribution is -0.201. The number of phenols is 1. The summed E-state index contributed by atoms with van der Waals surface area (Å²) < 4.78 is 40.6. The second-order valence-corrected chi connectivity index (χ2v) is 10.7. The maximum absolute atomic E-state index is 12.8. The van der Waals surface area contributed by atoms with Gasteiger partial charge < -0.3 is 26.2 Å². The molecule has 0 fully saturated rings. The van der Waals surface area contributed by atoms with Crippen molar-refractivity contribution in [2.75, 3.05) is 22.9 Å². The number of nitrogens with zero attached hydrogens (tertiary/aromatic N) is 2. The van der Waals surface area contributed by atoms with Gasteiger partial charge in [-0.3, -0.25) is 19.3 Å². The Kier molecular flexibility index (Phi) is 11.5. The molecule has 14 heteroatoms. The molecule has 0 radical (unpaired) electrons. The van der Waals surface area contributed by atoms with Crippen LogP contribution in [0, 0.1) is 0 Å². The van der Waals surface area contributed by atoms with Gasteiger partial charge in [-0.05, 0) is 60.0 Å². The number of anilines is 2. The number of alkyl halides is 3. The number of aromatic hydroxyl groups is 1. The second-order valence-electron chi connectivity index (χ2n) is 10.7. The molecule has 0 spiro atoms. The molecule has 5 rings (SSSR count). The van der Waals surface area contributed by atoms with E-state index in [1.54, 1.807) is 71.6 Å². The van der Waals surface area contributed by atoms with Crippen molar-refractivity contribution >= 4 is 41.0 Å². The Labute approximate surface area is 278 Å². The molecule has 0 unspecified atom stereocenters. The summed E-state index contributed by atoms with van der Waals surface area (Å²) >= 11 is 0. The van der Waals surface area contributed by atoms with E-state index in [1.165, 1.54) is 24.3 Å². The number of nitrogens with two attached hydrogens (primary N) is 2. The maximum Gasteiger partial charge on any atom is 0.491 e. The van der Waals surface area contributed by atoms with Crippen molar-refractivity contribution in [3.63, 3.8) is 0 Å². The summed E-state index contributed by atoms with van der Waals surface area (Å²) in [6.45, 7) is -0.129. The molecule has 0 saturated carbocycles. The lowest BCUT2D eigenvalue weighted by atomic mass is 10.1. The summed E-state index contributed by atoms with van der Waals surface area (Å²) in [7, 11) is 0. The van der Waals surface area contributed by atoms with Crippen LogP contribution in [0.25, 0.3) is 0 Å². The minimum absolute atomic E-state index is 0.109. The van der Waals surface area contributed by atoms with Crippen molar-refractivity contribution in [2.24, 2.45) is 11.5 Å². The number of amides is 3. The molecule has 0 atom stereocenters. The van der Waals surface area contributed by atoms with Gasteiger partial charge in [-0.25, -0.2) is 9.59 Å². The van der Waals surface area contributed by atoms with Crippen LogP contribution in [0.15, 0.2) is 97.1 Å². The molecular weight excluding hydrogens is 645 g/mol. The van der Waals surface area contributed by atoms with Crippen LogP contribution in [0.2, 0.25) is 0 Å². The van der Waals surface area contributed by atoms with E-state index >= 15 is 0 Å². The van der Waals surface area contributed by atoms with Crippen LogP contribution in [-0.2, 0) is 38.5 Å². The molecule has 0 saturated heterocycles. The number of hydrogen-bond acceptors (Lipinski definition) is 8. The van der Waals surface area contributed by atoms with E-state index < -0.39 is 36.5 Å². The Balaban J connectivity index is 0.000000225. The van der Waals surface area contributed by atoms with Gasteiger partial charge in [0, 0.05) is 41.2 Å². The zero-order chi connectivity index (χ0) is 35.7. The van der Waals surface area contributed by atoms with E-state index in [2.05, 4.69) is 4.74 Å². The van der Waals surface area contributed by atoms with Crippen LogP contribution in [0.4, 0.5) is 24.5 Å². The van der Waals surface area contributed by atoms with Gasteiger partial charge in [0.05, 0.1) is 6.42 Å². The number of esters is 2. The van der Waals surface area contributed by atoms with E-state index in [0.717, 1.165) is 22.6 Å². The highest BCUT2D eigenvalue weighted by Gasteiger charge is 2.42. The number of rotatable bonds is 8. The van der Waals surface area contributed by atoms with Gasteiger partial charge in [-0.1, -0.05) is 54.6 Å². The standard InChI is InChI=1S/C18H15F3N2O4.C17H16N2O3/c19-18(20,21)17(26)27-15(24)11-23(14-7-2-1-3-8-14)16(25)13-6-4-5-12(9-13)10-22;18-17(22)13-6-5-11-7-8-19(14(11)9-13)16(21)10-12-3-1-2-4-15(12)20/h1-9H,10-11,22H2;1-6,9,20H,7-8,10H2,(H2,18,22). The smallest absolute Gasteiger partial charge is 0.491 e. The Morgan fingerprint density at radius 3 is 2.20 bits per heavy atom. The summed E-state index contributed by atoms with van der Waals surface area (Å²) in [5, 5.41) is 9.78. The summed E-state index contributed by atoms with van der Waals surface area (Å²) in [4.78, 5) is 61.8. The third kappa shape index (κ3) is 9.29. The normalized spacial score (nSPS) is 11.9. The zero-order valence-electron chi connectivity index (χ0n) is 25.9. The molecule has 1 aliphatic heterocycles. The number of hydrogen-bond donors (Lipinski definition) is 3. The van der Waals surface area contributed by atoms with Crippen molar-refractivity contribution in [1.82, 2.24) is 0 Å². The maximum atomic E-state index is 12.8. The Morgan fingerprint density at radius 1 is 0.857 bits per heavy atom. The van der Waals surface area contributed by atoms with Gasteiger partial charge in [-0.2, -0.15) is 13.2 Å². The molecule has 254 valence electrons. The van der Waals surface area contributed by atoms with Crippen molar-refractivity contribution in [3.8, 4) is 5.75 Å². The molecule has 1 heterocycles. The summed E-state index contributed by atoms with van der Waals surface area (Å²) in [6, 6.07) is 26.0. The number of carbonyl (C=O) groups is 5. The molecular formula is C35H31F3N4O7. The molecule has 49 heavy (non-hydrogen) atoms. The monoisotopic (exact) mass is 676 g/mol. The summed E-state index contributed by atoms with van der Waals surface area (Å²) in [6.07, 6.45) is -4.44. The molecule has 5 N–H and O–H groups in total. The van der Waals surface area contributed by atoms with Gasteiger partial charge >= 0.3 is 18.1 Å². The van der Waals surface area contributed by atoms with Crippen LogP contribution < -0.4 is 21.3 Å². The second kappa shape index (κ2) is 15.7. The first-order valence-electron chi connectivity index (χ1n) is 14.8. The number of phenolic OH excluding ortho intramolecular Hbond substituents is 1. The average Bonchev–Trinajstić information content (AvgIpc) is 3.52. The van der Waals surface area contributed by atoms with Crippen LogP contribution in [0.1, 0.15) is 37.4 Å². The average molecular weight is 677 g/mol. The minimum Gasteiger partial charge on any atom is -0.508 e. The van der Waals surface area contributed by atoms with E-state index in [0.29, 0.717) is 23.2 Å². The third-order valence-corrected chi connectivity index (χ3v) is 7.35. The predicted molar refractivity (Wildman–Crippen MR) is 172 cm³/mol. The minimum atomic E-state index is -5.31. The van der Waals surface area contributed by atoms with E-state index in [-0.39, 0.29) is 35.9 Å². The fourth-order valence-electron chi connectivity index (χ4n) is 4.91. The Bertz CT molecular complexity index is 1870. The van der Waals surface area contributed by atoms with Gasteiger partial charge in [0.15, 0.2) is 0 Å². The van der Waals surface area contributed by atoms with Gasteiger partial charge in [0.25, 0.3) is 5.91 Å². The summed E-state index contributed by atoms with van der Waals surface area (Å²) in [5.74, 6) is -5.32. The molecule has 4 aromatic rings. The number of fused-ring (bicyclic) bond motifs is 1. The largest absolute Gasteiger partial charge is 0.508 e. The molecule has 11 nitrogen and oxygen atoms in total. The highest BCUT2D eigenvalue weighted by Crippen LogP contribution is 2.30. The Hall–Kier alpha value is -6.02. The SMILES string of the molecule is NC(=O)c1ccc2c(c1)N(C(=O)Cc1ccccc1O)CC2.NCc1cccc(C(=O)N(CC(=O)OC(=O)C(F)(F)F)c2ccccc2)c1. The predicted octanol–water partition coefficient (Wildman–Crippen LogP) is 4.05. The van der Waals surface area contributed by atoms with E-state index in [4.69, 9.17) is 11.5 Å². The van der Waals surface area contributed by atoms with Gasteiger partial charge in [0.2, 0.25) is 11.8 Å². The van der Waals surface area contributed by atoms with Gasteiger partial charge in [0.1, 0.15) is 12.3 Å². The van der Waals surface area contributed by atoms with Crippen LogP contribution in [-0.4, -0.2) is 54.0 Å². The molecule has 0 aliphatic carbocycles. The first-order valence-corrected chi connectivity index (χ1v) is 14.8. The van der Waals surface area contributed by atoms with Crippen molar-refractivity contribution in [3.05, 3.63) is 125 Å². The quantitative estimate of drug-likeness (QED) is 0.185. The van der Waals surface area contributed by atoms with Crippen molar-refractivity contribution in [1.29, 1.82) is 0 Å². The van der Waals surface area contributed by atoms with E-state index in [1.807, 2.05) is 6.07 Å². The fourth-order valence-corrected chi connectivity index (χ4v) is 4.91. The third-order valence-electron chi connectivity index (χ3n) is 7.35. The molecule has 0 aromatic heterocycles. The fraction of sp³-hybridized carbons (Fsp3) is 0.171. The first kappa shape index (κ1) is 35.8. The highest BCUT2D eigenvalue weighted by molar-refractivity contribution is 6.09. The van der Waals surface area contributed by atoms with Crippen LogP contribution in [0.3, 0.4) is 0 Å². The van der Waals surface area contributed by atoms with Crippen LogP contribution >= 0.6 is 0 Å². The summed E-state index contributed by atoms with van der Waals surface area (Å²) in [5.41, 5.74) is 14.7. The van der Waals surface area contributed by atoms with E-state index in [9.17, 15) is 42.3 Å². The number of carbonyl (C=O) groups excluding carboxylic acids is 5. The lowest BCUT2D eigenvalue weighted by Crippen LogP contribution is -2.39. The Morgan fingerprint density at radius 2 is 1.55 bits per heavy atom. The van der Waals surface area contributed by atoms with Crippen molar-refractivity contribution in [2.45, 2.75) is 25.6 Å². The number of benzene rings is 4. The van der Waals surface area contributed by atoms with Crippen molar-refractivity contribution < 1.29 is 47.0 Å². The first-order chi connectivity index (χ1) is 23.3. The molecule has 3 amide bonds. The molecule has 4 aromatic carbocycles. The highest BCUT2D eigenvalue weighted by atomic mass is 19.4. The topological polar surface area (TPSA) is 173 Å². The number of primary amides is 1. The van der Waals surface area contributed by atoms with Crippen LogP contribution in [0.5, 0.6) is 5.75 Å².